The van der Waals surface area contributed by atoms with E-state index in [1.54, 1.807) is 7.11 Å². The average molecular weight is 380 g/mol. The molecule has 3 aromatic rings. The first-order valence-electron chi connectivity index (χ1n) is 10.1. The van der Waals surface area contributed by atoms with Crippen molar-refractivity contribution in [1.29, 1.82) is 0 Å². The average Bonchev–Trinajstić information content (AvgIpc) is 3.28. The van der Waals surface area contributed by atoms with E-state index in [-0.39, 0.29) is 0 Å². The number of anilines is 1. The Kier molecular flexibility index (Phi) is 4.65. The van der Waals surface area contributed by atoms with Crippen LogP contribution in [0.3, 0.4) is 0 Å². The molecule has 0 fully saturated rings. The van der Waals surface area contributed by atoms with Crippen LogP contribution in [0.5, 0.6) is 5.75 Å². The Morgan fingerprint density at radius 1 is 0.966 bits per heavy atom. The van der Waals surface area contributed by atoms with Crippen molar-refractivity contribution in [2.75, 3.05) is 12.4 Å². The van der Waals surface area contributed by atoms with Gasteiger partial charge in [0.15, 0.2) is 0 Å². The Labute approximate surface area is 171 Å². The molecule has 0 saturated carbocycles. The Hall–Kier alpha value is -3.33. The number of nitrogens with one attached hydrogen (secondary N) is 1. The van der Waals surface area contributed by atoms with Gasteiger partial charge in [0.25, 0.3) is 0 Å². The van der Waals surface area contributed by atoms with E-state index in [2.05, 4.69) is 71.0 Å². The van der Waals surface area contributed by atoms with E-state index >= 15 is 0 Å². The minimum atomic E-state index is 0.324. The van der Waals surface area contributed by atoms with Crippen molar-refractivity contribution in [2.24, 2.45) is 10.9 Å². The molecule has 1 heterocycles. The number of methoxy groups -OCH3 is 1. The Morgan fingerprint density at radius 3 is 2.55 bits per heavy atom. The highest BCUT2D eigenvalue weighted by atomic mass is 16.5. The summed E-state index contributed by atoms with van der Waals surface area (Å²) in [6, 6.07) is 25.6. The Balaban J connectivity index is 1.35. The standard InChI is InChI=1S/C26H24N2O/c1-29-21-15-9-18(10-16-21)17-27-20-13-11-19(12-14-20)26-24-7-4-6-22(24)23-5-2-3-8-25(23)28-26/h2-6,8-17,22,24,26,28H,7H2,1H3/t22-,24+,26-/m0/s1. The quantitative estimate of drug-likeness (QED) is 0.427. The van der Waals surface area contributed by atoms with Crippen molar-refractivity contribution in [3.8, 4) is 5.75 Å². The van der Waals surface area contributed by atoms with E-state index in [0.29, 0.717) is 17.9 Å². The molecular weight excluding hydrogens is 356 g/mol. The van der Waals surface area contributed by atoms with Crippen molar-refractivity contribution >= 4 is 17.6 Å². The highest BCUT2D eigenvalue weighted by Gasteiger charge is 2.37. The lowest BCUT2D eigenvalue weighted by Gasteiger charge is -2.37. The second-order valence-electron chi connectivity index (χ2n) is 7.69. The lowest BCUT2D eigenvalue weighted by Crippen LogP contribution is -2.28. The minimum Gasteiger partial charge on any atom is -0.497 e. The molecule has 0 aromatic heterocycles. The van der Waals surface area contributed by atoms with Crippen LogP contribution in [0.1, 0.15) is 35.1 Å². The normalized spacial score (nSPS) is 22.2. The first-order chi connectivity index (χ1) is 14.3. The SMILES string of the molecule is COc1ccc(C=Nc2ccc([C@@H]3Nc4ccccc4[C@@H]4C=CC[C@H]43)cc2)cc1. The number of benzene rings is 3. The van der Waals surface area contributed by atoms with Gasteiger partial charge in [-0.15, -0.1) is 0 Å². The highest BCUT2D eigenvalue weighted by Crippen LogP contribution is 2.49. The van der Waals surface area contributed by atoms with Crippen molar-refractivity contribution in [2.45, 2.75) is 18.4 Å². The molecule has 144 valence electrons. The number of ether oxygens (including phenoxy) is 1. The first-order valence-corrected chi connectivity index (χ1v) is 10.1. The third-order valence-electron chi connectivity index (χ3n) is 6.00. The van der Waals surface area contributed by atoms with Gasteiger partial charge in [0.1, 0.15) is 5.75 Å². The van der Waals surface area contributed by atoms with Gasteiger partial charge in [0.2, 0.25) is 0 Å². The number of nitrogens with zero attached hydrogens (tertiary/aromatic N) is 1. The smallest absolute Gasteiger partial charge is 0.118 e. The topological polar surface area (TPSA) is 33.6 Å². The third kappa shape index (κ3) is 3.44. The zero-order valence-electron chi connectivity index (χ0n) is 16.5. The van der Waals surface area contributed by atoms with Crippen molar-refractivity contribution in [1.82, 2.24) is 0 Å². The van der Waals surface area contributed by atoms with Gasteiger partial charge < -0.3 is 10.1 Å². The molecule has 3 atom stereocenters. The van der Waals surface area contributed by atoms with Gasteiger partial charge in [-0.3, -0.25) is 4.99 Å². The van der Waals surface area contributed by atoms with Crippen molar-refractivity contribution < 1.29 is 4.74 Å². The van der Waals surface area contributed by atoms with E-state index in [1.807, 2.05) is 30.5 Å². The van der Waals surface area contributed by atoms with Crippen LogP contribution in [0.25, 0.3) is 0 Å². The fourth-order valence-electron chi connectivity index (χ4n) is 4.48. The molecule has 1 N–H and O–H groups in total. The molecule has 0 amide bonds. The first kappa shape index (κ1) is 17.7. The molecule has 3 aromatic carbocycles. The van der Waals surface area contributed by atoms with Crippen LogP contribution in [-0.4, -0.2) is 13.3 Å². The molecular formula is C26H24N2O. The molecule has 0 spiro atoms. The number of fused-ring (bicyclic) bond motifs is 3. The van der Waals surface area contributed by atoms with Crippen molar-refractivity contribution in [3.05, 3.63) is 102 Å². The van der Waals surface area contributed by atoms with Crippen LogP contribution in [-0.2, 0) is 0 Å². The van der Waals surface area contributed by atoms with Gasteiger partial charge in [-0.2, -0.15) is 0 Å². The summed E-state index contributed by atoms with van der Waals surface area (Å²) < 4.78 is 5.20. The van der Waals surface area contributed by atoms with E-state index < -0.39 is 0 Å². The fraction of sp³-hybridized carbons (Fsp3) is 0.192. The summed E-state index contributed by atoms with van der Waals surface area (Å²) in [6.45, 7) is 0. The molecule has 3 heteroatoms. The van der Waals surface area contributed by atoms with Crippen LogP contribution < -0.4 is 10.1 Å². The van der Waals surface area contributed by atoms with Gasteiger partial charge >= 0.3 is 0 Å². The maximum atomic E-state index is 5.20. The van der Waals surface area contributed by atoms with Gasteiger partial charge in [-0.05, 0) is 71.5 Å². The molecule has 29 heavy (non-hydrogen) atoms. The Bertz CT molecular complexity index is 1050. The zero-order chi connectivity index (χ0) is 19.6. The number of aliphatic imine (C=N–C) groups is 1. The summed E-state index contributed by atoms with van der Waals surface area (Å²) in [5.74, 6) is 1.93. The van der Waals surface area contributed by atoms with Gasteiger partial charge in [0.05, 0.1) is 18.8 Å². The lowest BCUT2D eigenvalue weighted by atomic mass is 9.77. The summed E-state index contributed by atoms with van der Waals surface area (Å²) in [6.07, 6.45) is 7.72. The lowest BCUT2D eigenvalue weighted by molar-refractivity contribution is 0.415. The molecule has 0 saturated heterocycles. The van der Waals surface area contributed by atoms with Crippen LogP contribution >= 0.6 is 0 Å². The maximum Gasteiger partial charge on any atom is 0.118 e. The fourth-order valence-corrected chi connectivity index (χ4v) is 4.48. The van der Waals surface area contributed by atoms with E-state index in [4.69, 9.17) is 4.74 Å². The molecule has 5 rings (SSSR count). The third-order valence-corrected chi connectivity index (χ3v) is 6.00. The van der Waals surface area contributed by atoms with Crippen LogP contribution in [0.2, 0.25) is 0 Å². The largest absolute Gasteiger partial charge is 0.497 e. The number of hydrogen-bond acceptors (Lipinski definition) is 3. The van der Waals surface area contributed by atoms with E-state index in [1.165, 1.54) is 16.8 Å². The number of allylic oxidation sites excluding steroid dienone is 2. The molecule has 0 unspecified atom stereocenters. The van der Waals surface area contributed by atoms with Gasteiger partial charge in [-0.25, -0.2) is 0 Å². The molecule has 2 aliphatic rings. The molecule has 0 radical (unpaired) electrons. The summed E-state index contributed by atoms with van der Waals surface area (Å²) in [5, 5.41) is 3.78. The van der Waals surface area contributed by atoms with Gasteiger partial charge in [0, 0.05) is 17.8 Å². The predicted octanol–water partition coefficient (Wildman–Crippen LogP) is 6.27. The van der Waals surface area contributed by atoms with E-state index in [0.717, 1.165) is 23.4 Å². The molecule has 3 nitrogen and oxygen atoms in total. The summed E-state index contributed by atoms with van der Waals surface area (Å²) in [7, 11) is 1.67. The second-order valence-corrected chi connectivity index (χ2v) is 7.69. The minimum absolute atomic E-state index is 0.324. The maximum absolute atomic E-state index is 5.20. The molecule has 1 aliphatic carbocycles. The summed E-state index contributed by atoms with van der Waals surface area (Å²) >= 11 is 0. The van der Waals surface area contributed by atoms with Crippen LogP contribution in [0.4, 0.5) is 11.4 Å². The van der Waals surface area contributed by atoms with Crippen LogP contribution in [0, 0.1) is 5.92 Å². The number of para-hydroxylation sites is 1. The summed E-state index contributed by atoms with van der Waals surface area (Å²) in [5.41, 5.74) is 6.01. The Morgan fingerprint density at radius 2 is 1.76 bits per heavy atom. The monoisotopic (exact) mass is 380 g/mol. The van der Waals surface area contributed by atoms with Gasteiger partial charge in [-0.1, -0.05) is 42.5 Å². The summed E-state index contributed by atoms with van der Waals surface area (Å²) in [4.78, 5) is 4.62. The molecule has 1 aliphatic heterocycles. The molecule has 0 bridgehead atoms. The van der Waals surface area contributed by atoms with Crippen molar-refractivity contribution in [3.63, 3.8) is 0 Å². The predicted molar refractivity (Wildman–Crippen MR) is 119 cm³/mol. The highest BCUT2D eigenvalue weighted by molar-refractivity contribution is 5.82. The number of rotatable bonds is 4. The number of hydrogen-bond donors (Lipinski definition) is 1. The zero-order valence-corrected chi connectivity index (χ0v) is 16.5. The van der Waals surface area contributed by atoms with E-state index in [9.17, 15) is 0 Å². The second kappa shape index (κ2) is 7.59. The van der Waals surface area contributed by atoms with Crippen LogP contribution in [0.15, 0.2) is 89.9 Å².